The average Bonchev–Trinajstić information content (AvgIpc) is 3.52. The van der Waals surface area contributed by atoms with Crippen LogP contribution in [-0.4, -0.2) is 49.4 Å². The lowest BCUT2D eigenvalue weighted by molar-refractivity contribution is -0.139. The summed E-state index contributed by atoms with van der Waals surface area (Å²) >= 11 is 6.31. The molecule has 0 radical (unpaired) electrons. The number of hydrogen-bond acceptors (Lipinski definition) is 7. The van der Waals surface area contributed by atoms with Gasteiger partial charge in [-0.2, -0.15) is 0 Å². The van der Waals surface area contributed by atoms with Crippen molar-refractivity contribution in [2.45, 2.75) is 38.5 Å². The zero-order chi connectivity index (χ0) is 29.9. The van der Waals surface area contributed by atoms with E-state index < -0.39 is 17.4 Å². The van der Waals surface area contributed by atoms with Crippen LogP contribution in [0, 0.1) is 5.92 Å². The maximum atomic E-state index is 13.9. The van der Waals surface area contributed by atoms with Crippen LogP contribution in [0.15, 0.2) is 83.9 Å². The van der Waals surface area contributed by atoms with Crippen LogP contribution in [0.5, 0.6) is 5.75 Å². The number of hydrogen-bond donors (Lipinski definition) is 2. The summed E-state index contributed by atoms with van der Waals surface area (Å²) < 4.78 is 8.33. The highest BCUT2D eigenvalue weighted by molar-refractivity contribution is 6.31. The molecule has 10 nitrogen and oxygen atoms in total. The van der Waals surface area contributed by atoms with Crippen LogP contribution < -0.4 is 15.2 Å². The molecule has 5 rings (SSSR count). The summed E-state index contributed by atoms with van der Waals surface area (Å²) in [5.74, 6) is -0.738. The van der Waals surface area contributed by atoms with Gasteiger partial charge in [0.1, 0.15) is 0 Å². The van der Waals surface area contributed by atoms with E-state index in [1.165, 1.54) is 11.7 Å². The number of aromatic nitrogens is 4. The molecule has 2 atom stereocenters. The molecule has 218 valence electrons. The Labute approximate surface area is 248 Å². The number of methoxy groups -OCH3 is 1. The number of carbonyl (C=O) groups excluding carboxylic acids is 1. The summed E-state index contributed by atoms with van der Waals surface area (Å²) in [5.41, 5.74) is 1.19. The van der Waals surface area contributed by atoms with Gasteiger partial charge in [-0.05, 0) is 54.4 Å². The summed E-state index contributed by atoms with van der Waals surface area (Å²) in [6, 6.07) is 15.8. The van der Waals surface area contributed by atoms with Crippen molar-refractivity contribution in [3.05, 3.63) is 111 Å². The van der Waals surface area contributed by atoms with Gasteiger partial charge in [0.15, 0.2) is 11.4 Å². The molecule has 0 unspecified atom stereocenters. The van der Waals surface area contributed by atoms with E-state index in [0.717, 1.165) is 11.3 Å². The third-order valence-electron chi connectivity index (χ3n) is 7.48. The van der Waals surface area contributed by atoms with E-state index >= 15 is 0 Å². The highest BCUT2D eigenvalue weighted by atomic mass is 35.5. The highest BCUT2D eigenvalue weighted by Crippen LogP contribution is 2.46. The molecular formula is C31H32ClN5O5. The number of allylic oxidation sites excluding steroid dienone is 1. The van der Waals surface area contributed by atoms with Crippen LogP contribution >= 0.6 is 11.6 Å². The number of fused-ring (bicyclic) bond motifs is 1. The van der Waals surface area contributed by atoms with Crippen LogP contribution in [0.4, 0.5) is 5.69 Å². The number of pyridine rings is 1. The fraction of sp³-hybridized carbons (Fsp3) is 0.290. The van der Waals surface area contributed by atoms with Crippen molar-refractivity contribution < 1.29 is 19.7 Å². The summed E-state index contributed by atoms with van der Waals surface area (Å²) in [4.78, 5) is 28.1. The van der Waals surface area contributed by atoms with Crippen LogP contribution in [0.3, 0.4) is 0 Å². The quantitative estimate of drug-likeness (QED) is 0.256. The number of carbonyl (C=O) groups is 1. The van der Waals surface area contributed by atoms with Gasteiger partial charge >= 0.3 is 0 Å². The Morgan fingerprint density at radius 1 is 1.14 bits per heavy atom. The number of anilines is 1. The standard InChI is InChI=1S/C31H32ClN5O5/c1-21(6-3-4-15-35-20-24(14-17-38)33-34-35)31(41)26-18-23(32)10-13-27(26)37(30(31)40)19-22-8-11-25(12-9-22)36-16-5-7-28(42-2)29(36)39/h3,5-13,16,18,20-21,38,41H,4,14-15,17,19H2,1-2H3/b6-3+/t21-,31+/m1/s1. The molecule has 2 aromatic carbocycles. The van der Waals surface area contributed by atoms with E-state index in [9.17, 15) is 14.7 Å². The molecule has 0 saturated heterocycles. The van der Waals surface area contributed by atoms with E-state index in [1.807, 2.05) is 24.3 Å². The Kier molecular flexibility index (Phi) is 8.58. The van der Waals surface area contributed by atoms with E-state index in [0.29, 0.717) is 41.3 Å². The Balaban J connectivity index is 1.34. The lowest BCUT2D eigenvalue weighted by Gasteiger charge is -2.27. The van der Waals surface area contributed by atoms with Gasteiger partial charge in [0.2, 0.25) is 0 Å². The zero-order valence-corrected chi connectivity index (χ0v) is 24.1. The Hall–Kier alpha value is -4.25. The molecule has 3 heterocycles. The Morgan fingerprint density at radius 2 is 1.93 bits per heavy atom. The first-order valence-corrected chi connectivity index (χ1v) is 14.0. The molecule has 0 fully saturated rings. The van der Waals surface area contributed by atoms with Crippen LogP contribution in [-0.2, 0) is 29.9 Å². The van der Waals surface area contributed by atoms with E-state index in [-0.39, 0.29) is 24.5 Å². The fourth-order valence-electron chi connectivity index (χ4n) is 5.18. The minimum Gasteiger partial charge on any atom is -0.491 e. The number of aliphatic hydroxyl groups is 2. The topological polar surface area (TPSA) is 123 Å². The maximum Gasteiger partial charge on any atom is 0.297 e. The van der Waals surface area contributed by atoms with Crippen molar-refractivity contribution in [2.75, 3.05) is 18.6 Å². The summed E-state index contributed by atoms with van der Waals surface area (Å²) in [6.45, 7) is 2.61. The van der Waals surface area contributed by atoms with Crippen molar-refractivity contribution in [1.29, 1.82) is 0 Å². The smallest absolute Gasteiger partial charge is 0.297 e. The molecule has 2 N–H and O–H groups in total. The third kappa shape index (κ3) is 5.61. The first-order chi connectivity index (χ1) is 20.3. The number of aryl methyl sites for hydroxylation is 1. The maximum absolute atomic E-state index is 13.9. The summed E-state index contributed by atoms with van der Waals surface area (Å²) in [6.07, 6.45) is 8.27. The molecule has 42 heavy (non-hydrogen) atoms. The fourth-order valence-corrected chi connectivity index (χ4v) is 5.35. The Morgan fingerprint density at radius 3 is 2.67 bits per heavy atom. The molecule has 4 aromatic rings. The minimum absolute atomic E-state index is 0.0151. The first-order valence-electron chi connectivity index (χ1n) is 13.6. The van der Waals surface area contributed by atoms with Gasteiger partial charge in [-0.3, -0.25) is 18.8 Å². The van der Waals surface area contributed by atoms with Crippen molar-refractivity contribution in [3.63, 3.8) is 0 Å². The number of ether oxygens (including phenoxy) is 1. The second-order valence-electron chi connectivity index (χ2n) is 10.2. The normalized spacial score (nSPS) is 17.2. The molecule has 1 aliphatic rings. The van der Waals surface area contributed by atoms with Crippen molar-refractivity contribution in [3.8, 4) is 11.4 Å². The second kappa shape index (κ2) is 12.3. The molecule has 0 saturated carbocycles. The van der Waals surface area contributed by atoms with Gasteiger partial charge in [-0.1, -0.05) is 48.0 Å². The predicted octanol–water partition coefficient (Wildman–Crippen LogP) is 3.64. The van der Waals surface area contributed by atoms with E-state index in [4.69, 9.17) is 21.4 Å². The molecule has 0 bridgehead atoms. The van der Waals surface area contributed by atoms with Crippen LogP contribution in [0.2, 0.25) is 5.02 Å². The van der Waals surface area contributed by atoms with Crippen molar-refractivity contribution in [1.82, 2.24) is 19.6 Å². The molecule has 0 spiro atoms. The first kappa shape index (κ1) is 29.2. The van der Waals surface area contributed by atoms with Crippen LogP contribution in [0.1, 0.15) is 30.2 Å². The molecule has 1 amide bonds. The average molecular weight is 590 g/mol. The second-order valence-corrected chi connectivity index (χ2v) is 10.6. The SMILES string of the molecule is COc1cccn(-c2ccc(CN3C(=O)[C@](O)([C@H](C)/C=C/CCn4cc(CCO)nn4)c4cc(Cl)ccc43)cc2)c1=O. The summed E-state index contributed by atoms with van der Waals surface area (Å²) in [7, 11) is 1.45. The van der Waals surface area contributed by atoms with Crippen molar-refractivity contribution >= 4 is 23.2 Å². The Bertz CT molecular complexity index is 1660. The van der Waals surface area contributed by atoms with Gasteiger partial charge < -0.3 is 19.8 Å². The number of amides is 1. The number of nitrogens with zero attached hydrogens (tertiary/aromatic N) is 5. The van der Waals surface area contributed by atoms with Gasteiger partial charge in [0, 0.05) is 54.2 Å². The number of benzene rings is 2. The number of halogens is 1. The van der Waals surface area contributed by atoms with Gasteiger partial charge in [0.05, 0.1) is 25.0 Å². The van der Waals surface area contributed by atoms with E-state index in [1.54, 1.807) is 71.4 Å². The van der Waals surface area contributed by atoms with E-state index in [2.05, 4.69) is 10.3 Å². The lowest BCUT2D eigenvalue weighted by Crippen LogP contribution is -2.44. The minimum atomic E-state index is -1.80. The molecule has 11 heteroatoms. The van der Waals surface area contributed by atoms with Gasteiger partial charge in [-0.25, -0.2) is 0 Å². The largest absolute Gasteiger partial charge is 0.491 e. The lowest BCUT2D eigenvalue weighted by atomic mass is 9.83. The molecule has 1 aliphatic heterocycles. The van der Waals surface area contributed by atoms with Crippen LogP contribution in [0.25, 0.3) is 5.69 Å². The molecule has 0 aliphatic carbocycles. The third-order valence-corrected chi connectivity index (χ3v) is 7.72. The number of aliphatic hydroxyl groups excluding tert-OH is 1. The predicted molar refractivity (Wildman–Crippen MR) is 159 cm³/mol. The number of rotatable bonds is 11. The highest BCUT2D eigenvalue weighted by Gasteiger charge is 2.52. The zero-order valence-electron chi connectivity index (χ0n) is 23.4. The summed E-state index contributed by atoms with van der Waals surface area (Å²) in [5, 5.41) is 29.5. The van der Waals surface area contributed by atoms with Crippen molar-refractivity contribution in [2.24, 2.45) is 5.92 Å². The van der Waals surface area contributed by atoms with Gasteiger partial charge in [-0.15, -0.1) is 5.10 Å². The monoisotopic (exact) mass is 589 g/mol. The van der Waals surface area contributed by atoms with Gasteiger partial charge in [0.25, 0.3) is 11.5 Å². The molecular weight excluding hydrogens is 558 g/mol. The molecule has 2 aromatic heterocycles.